The van der Waals surface area contributed by atoms with Crippen molar-refractivity contribution < 1.29 is 4.42 Å². The lowest BCUT2D eigenvalue weighted by Gasteiger charge is -2.11. The van der Waals surface area contributed by atoms with Gasteiger partial charge in [-0.15, -0.1) is 11.3 Å². The fourth-order valence-corrected chi connectivity index (χ4v) is 11.1. The number of benzene rings is 10. The number of hydrogen-bond acceptors (Lipinski definition) is 5. The van der Waals surface area contributed by atoms with Crippen LogP contribution in [0.1, 0.15) is 0 Å². The highest BCUT2D eigenvalue weighted by atomic mass is 32.1. The van der Waals surface area contributed by atoms with E-state index in [0.717, 1.165) is 60.6 Å². The second kappa shape index (κ2) is 13.2. The van der Waals surface area contributed by atoms with Crippen LogP contribution in [0.15, 0.2) is 199 Å². The minimum Gasteiger partial charge on any atom is -0.454 e. The van der Waals surface area contributed by atoms with Crippen LogP contribution in [0.5, 0.6) is 0 Å². The molecular formula is C57H32N4OS. The molecule has 0 bridgehead atoms. The number of nitrogens with zero attached hydrogens (tertiary/aromatic N) is 4. The van der Waals surface area contributed by atoms with E-state index in [0.29, 0.717) is 17.5 Å². The first-order valence-electron chi connectivity index (χ1n) is 21.2. The number of fused-ring (bicyclic) bond motifs is 14. The summed E-state index contributed by atoms with van der Waals surface area (Å²) in [7, 11) is 0. The second-order valence-corrected chi connectivity index (χ2v) is 17.4. The number of hydrogen-bond donors (Lipinski definition) is 0. The first-order chi connectivity index (χ1) is 31.2. The predicted molar refractivity (Wildman–Crippen MR) is 263 cm³/mol. The normalized spacial score (nSPS) is 12.1. The standard InChI is InChI=1S/C57H32N4OS/c1-2-13-34(14-3-1)55-58-56(60-57(59-55)45-21-10-19-43-41-18-8-9-23-50(41)63-54(43)45)38-25-27-39-37(30-38)26-29-49-51(39)44-20-11-22-47(53(44)62-49)61-48-32-36-16-5-4-15-35(36)31-46(48)42-28-24-33-12-6-7-17-40(33)52(42)61/h1-32H. The molecule has 0 aliphatic carbocycles. The summed E-state index contributed by atoms with van der Waals surface area (Å²) in [6, 6.07) is 69.0. The van der Waals surface area contributed by atoms with E-state index in [2.05, 4.69) is 180 Å². The molecule has 0 unspecified atom stereocenters. The van der Waals surface area contributed by atoms with Crippen molar-refractivity contribution in [1.29, 1.82) is 0 Å². The Morgan fingerprint density at radius 2 is 1.10 bits per heavy atom. The van der Waals surface area contributed by atoms with Crippen molar-refractivity contribution in [3.05, 3.63) is 194 Å². The van der Waals surface area contributed by atoms with E-state index in [9.17, 15) is 0 Å². The van der Waals surface area contributed by atoms with Crippen molar-refractivity contribution in [2.45, 2.75) is 0 Å². The van der Waals surface area contributed by atoms with E-state index in [4.69, 9.17) is 19.4 Å². The van der Waals surface area contributed by atoms with Gasteiger partial charge in [-0.1, -0.05) is 152 Å². The molecule has 0 atom stereocenters. The number of furan rings is 1. The van der Waals surface area contributed by atoms with E-state index in [1.807, 2.05) is 18.2 Å². The molecule has 14 rings (SSSR count). The summed E-state index contributed by atoms with van der Waals surface area (Å²) in [5.74, 6) is 1.93. The average Bonchev–Trinajstić information content (AvgIpc) is 4.03. The quantitative estimate of drug-likeness (QED) is 0.177. The number of thiophene rings is 1. The van der Waals surface area contributed by atoms with Gasteiger partial charge in [-0.2, -0.15) is 0 Å². The van der Waals surface area contributed by atoms with E-state index in [-0.39, 0.29) is 0 Å². The van der Waals surface area contributed by atoms with E-state index < -0.39 is 0 Å². The highest BCUT2D eigenvalue weighted by Gasteiger charge is 2.22. The van der Waals surface area contributed by atoms with Gasteiger partial charge >= 0.3 is 0 Å². The molecule has 0 amide bonds. The Kier molecular flexibility index (Phi) is 7.21. The van der Waals surface area contributed by atoms with Gasteiger partial charge in [0.2, 0.25) is 0 Å². The number of aromatic nitrogens is 4. The van der Waals surface area contributed by atoms with Crippen LogP contribution in [0.4, 0.5) is 0 Å². The first kappa shape index (κ1) is 34.5. The van der Waals surface area contributed by atoms with Crippen LogP contribution < -0.4 is 0 Å². The van der Waals surface area contributed by atoms with Crippen molar-refractivity contribution in [2.24, 2.45) is 0 Å². The van der Waals surface area contributed by atoms with Gasteiger partial charge in [0, 0.05) is 63.8 Å². The van der Waals surface area contributed by atoms with Crippen molar-refractivity contribution in [3.8, 4) is 39.9 Å². The van der Waals surface area contributed by atoms with Crippen LogP contribution in [0.3, 0.4) is 0 Å². The van der Waals surface area contributed by atoms with E-state index >= 15 is 0 Å². The molecule has 6 heteroatoms. The third kappa shape index (κ3) is 5.13. The van der Waals surface area contributed by atoms with Crippen LogP contribution in [0, 0.1) is 0 Å². The summed E-state index contributed by atoms with van der Waals surface area (Å²) >= 11 is 1.78. The molecule has 0 N–H and O–H groups in total. The zero-order valence-electron chi connectivity index (χ0n) is 33.6. The molecule has 0 fully saturated rings. The molecule has 0 radical (unpaired) electrons. The summed E-state index contributed by atoms with van der Waals surface area (Å²) < 4.78 is 11.8. The second-order valence-electron chi connectivity index (χ2n) is 16.3. The van der Waals surface area contributed by atoms with Gasteiger partial charge < -0.3 is 8.98 Å². The minimum absolute atomic E-state index is 0.629. The van der Waals surface area contributed by atoms with E-state index in [1.165, 1.54) is 58.0 Å². The van der Waals surface area contributed by atoms with Crippen molar-refractivity contribution >= 4 is 108 Å². The summed E-state index contributed by atoms with van der Waals surface area (Å²) in [4.78, 5) is 15.5. The lowest BCUT2D eigenvalue weighted by atomic mass is 10.0. The smallest absolute Gasteiger partial charge is 0.165 e. The zero-order valence-corrected chi connectivity index (χ0v) is 34.4. The molecular weight excluding hydrogens is 789 g/mol. The Bertz CT molecular complexity index is 4220. The van der Waals surface area contributed by atoms with Gasteiger partial charge in [0.05, 0.1) is 16.7 Å². The molecule has 292 valence electrons. The van der Waals surface area contributed by atoms with Crippen molar-refractivity contribution in [1.82, 2.24) is 19.5 Å². The zero-order chi connectivity index (χ0) is 41.2. The molecule has 63 heavy (non-hydrogen) atoms. The van der Waals surface area contributed by atoms with Crippen LogP contribution >= 0.6 is 11.3 Å². The molecule has 0 saturated heterocycles. The van der Waals surface area contributed by atoms with Gasteiger partial charge in [0.15, 0.2) is 23.1 Å². The molecule has 4 heterocycles. The Labute approximate surface area is 363 Å². The molecule has 0 aliphatic rings. The largest absolute Gasteiger partial charge is 0.454 e. The highest BCUT2D eigenvalue weighted by molar-refractivity contribution is 7.26. The van der Waals surface area contributed by atoms with Gasteiger partial charge in [0.25, 0.3) is 0 Å². The Morgan fingerprint density at radius 1 is 0.413 bits per heavy atom. The maximum absolute atomic E-state index is 6.96. The maximum atomic E-state index is 6.96. The fourth-order valence-electron chi connectivity index (χ4n) is 9.90. The van der Waals surface area contributed by atoms with Crippen LogP contribution in [-0.4, -0.2) is 19.5 Å². The SMILES string of the molecule is c1ccc(-c2nc(-c3ccc4c(ccc5oc6c(-n7c8cc9ccccc9cc8c8ccc9ccccc9c87)cccc6c54)c3)nc(-c3cccc4c3sc3ccccc34)n2)cc1. The summed E-state index contributed by atoms with van der Waals surface area (Å²) in [5, 5.41) is 14.1. The number of rotatable bonds is 4. The molecule has 10 aromatic carbocycles. The molecule has 0 spiro atoms. The highest BCUT2D eigenvalue weighted by Crippen LogP contribution is 2.44. The van der Waals surface area contributed by atoms with Crippen LogP contribution in [0.25, 0.3) is 136 Å². The Balaban J connectivity index is 0.973. The summed E-state index contributed by atoms with van der Waals surface area (Å²) in [6.07, 6.45) is 0. The van der Waals surface area contributed by atoms with Crippen molar-refractivity contribution in [2.75, 3.05) is 0 Å². The molecule has 0 saturated carbocycles. The van der Waals surface area contributed by atoms with Gasteiger partial charge in [-0.25, -0.2) is 15.0 Å². The molecule has 4 aromatic heterocycles. The third-order valence-corrected chi connectivity index (χ3v) is 14.0. The molecule has 0 aliphatic heterocycles. The van der Waals surface area contributed by atoms with Crippen LogP contribution in [0.2, 0.25) is 0 Å². The average molecular weight is 821 g/mol. The van der Waals surface area contributed by atoms with Gasteiger partial charge in [0.1, 0.15) is 5.58 Å². The molecule has 5 nitrogen and oxygen atoms in total. The Morgan fingerprint density at radius 3 is 1.98 bits per heavy atom. The van der Waals surface area contributed by atoms with Crippen LogP contribution in [-0.2, 0) is 0 Å². The molecule has 14 aromatic rings. The maximum Gasteiger partial charge on any atom is 0.165 e. The monoisotopic (exact) mass is 820 g/mol. The van der Waals surface area contributed by atoms with Crippen molar-refractivity contribution in [3.63, 3.8) is 0 Å². The summed E-state index contributed by atoms with van der Waals surface area (Å²) in [5.41, 5.74) is 7.91. The minimum atomic E-state index is 0.629. The Hall–Kier alpha value is -8.19. The lowest BCUT2D eigenvalue weighted by Crippen LogP contribution is -2.00. The van der Waals surface area contributed by atoms with E-state index in [1.54, 1.807) is 11.3 Å². The third-order valence-electron chi connectivity index (χ3n) is 12.8. The number of para-hydroxylation sites is 1. The van der Waals surface area contributed by atoms with Gasteiger partial charge in [-0.05, 0) is 69.4 Å². The summed E-state index contributed by atoms with van der Waals surface area (Å²) in [6.45, 7) is 0. The first-order valence-corrected chi connectivity index (χ1v) is 22.0. The lowest BCUT2D eigenvalue weighted by molar-refractivity contribution is 0.666. The topological polar surface area (TPSA) is 56.7 Å². The van der Waals surface area contributed by atoms with Gasteiger partial charge in [-0.3, -0.25) is 0 Å². The predicted octanol–water partition coefficient (Wildman–Crippen LogP) is 15.7. The fraction of sp³-hybridized carbons (Fsp3) is 0.